The van der Waals surface area contributed by atoms with Crippen LogP contribution in [0.1, 0.15) is 61.7 Å². The molecule has 1 N–H and O–H groups in total. The minimum Gasteiger partial charge on any atom is -0.444 e. The van der Waals surface area contributed by atoms with Crippen molar-refractivity contribution in [1.29, 1.82) is 0 Å². The quantitative estimate of drug-likeness (QED) is 0.526. The van der Waals surface area contributed by atoms with Crippen LogP contribution in [0, 0.1) is 0 Å². The standard InChI is InChI=1S/C13H17NO2.C3H8.C2H6.H2/c1-2-3-7-10-14-13(15)16-11-12-8-5-4-6-9-12;1-3-2;1-2;/h4-5,8H,2-3,7,10-11H2,1H3,(H,14,15);3H2,1-2H3;1-2H3;1H. The number of nitrogens with one attached hydrogen (secondary N) is 1. The second-order valence-corrected chi connectivity index (χ2v) is 4.24. The number of carbonyl (C=O) groups excluding carboxylic acids is 1. The summed E-state index contributed by atoms with van der Waals surface area (Å²) in [4.78, 5) is 11.2. The van der Waals surface area contributed by atoms with E-state index in [1.165, 1.54) is 6.42 Å². The van der Waals surface area contributed by atoms with E-state index >= 15 is 0 Å². The van der Waals surface area contributed by atoms with Gasteiger partial charge in [0.15, 0.2) is 0 Å². The first-order valence-corrected chi connectivity index (χ1v) is 8.02. The smallest absolute Gasteiger partial charge is 0.407 e. The van der Waals surface area contributed by atoms with E-state index in [1.807, 2.05) is 26.0 Å². The molecular formula is C18H33NO2. The molecule has 0 aliphatic heterocycles. The number of rotatable bonds is 6. The summed E-state index contributed by atoms with van der Waals surface area (Å²) >= 11 is 0. The molecule has 0 aromatic heterocycles. The van der Waals surface area contributed by atoms with Gasteiger partial charge in [0.25, 0.3) is 0 Å². The maximum absolute atomic E-state index is 11.2. The molecule has 3 heteroatoms. The van der Waals surface area contributed by atoms with E-state index in [-0.39, 0.29) is 14.1 Å². The maximum Gasteiger partial charge on any atom is 0.407 e. The predicted molar refractivity (Wildman–Crippen MR) is 92.6 cm³/mol. The first-order chi connectivity index (χ1) is 10.2. The normalized spacial score (nSPS) is 10.6. The van der Waals surface area contributed by atoms with Crippen molar-refractivity contribution in [2.75, 3.05) is 13.2 Å². The molecule has 1 aliphatic rings. The monoisotopic (exact) mass is 295 g/mol. The zero-order chi connectivity index (χ0) is 16.3. The summed E-state index contributed by atoms with van der Waals surface area (Å²) in [7, 11) is 0. The molecule has 1 amide bonds. The SMILES string of the molecule is CC.CCC.CCCCCNC(=O)OCC1=C=C=CC=C1.[HH]. The highest BCUT2D eigenvalue weighted by Crippen LogP contribution is 1.99. The highest BCUT2D eigenvalue weighted by molar-refractivity contribution is 5.67. The fourth-order valence-electron chi connectivity index (χ4n) is 1.23. The van der Waals surface area contributed by atoms with E-state index in [4.69, 9.17) is 4.74 Å². The fourth-order valence-corrected chi connectivity index (χ4v) is 1.23. The van der Waals surface area contributed by atoms with E-state index in [1.54, 1.807) is 6.08 Å². The molecule has 0 spiro atoms. The van der Waals surface area contributed by atoms with Gasteiger partial charge in [-0.05, 0) is 18.6 Å². The lowest BCUT2D eigenvalue weighted by Crippen LogP contribution is -2.25. The van der Waals surface area contributed by atoms with Crippen LogP contribution in [0.5, 0.6) is 0 Å². The predicted octanol–water partition coefficient (Wildman–Crippen LogP) is 5.40. The van der Waals surface area contributed by atoms with E-state index in [9.17, 15) is 4.79 Å². The summed E-state index contributed by atoms with van der Waals surface area (Å²) in [5.41, 5.74) is 6.50. The number of hydrogen-bond acceptors (Lipinski definition) is 2. The van der Waals surface area contributed by atoms with Crippen molar-refractivity contribution in [2.45, 2.75) is 60.3 Å². The molecular weight excluding hydrogens is 262 g/mol. The van der Waals surface area contributed by atoms with Crippen molar-refractivity contribution in [3.8, 4) is 0 Å². The topological polar surface area (TPSA) is 38.3 Å². The average molecular weight is 295 g/mol. The van der Waals surface area contributed by atoms with E-state index in [0.717, 1.165) is 24.8 Å². The average Bonchev–Trinajstić information content (AvgIpc) is 2.53. The highest BCUT2D eigenvalue weighted by atomic mass is 16.5. The molecule has 1 rings (SSSR count). The molecule has 0 saturated carbocycles. The van der Waals surface area contributed by atoms with Crippen LogP contribution in [0.3, 0.4) is 0 Å². The number of hydrogen-bond donors (Lipinski definition) is 1. The summed E-state index contributed by atoms with van der Waals surface area (Å²) in [6.45, 7) is 11.3. The molecule has 0 aromatic rings. The van der Waals surface area contributed by atoms with Gasteiger partial charge in [0.05, 0.1) is 0 Å². The van der Waals surface area contributed by atoms with Crippen LogP contribution in [0.15, 0.2) is 35.3 Å². The molecule has 0 radical (unpaired) electrons. The maximum atomic E-state index is 11.2. The lowest BCUT2D eigenvalue weighted by molar-refractivity contribution is 0.156. The fraction of sp³-hybridized carbons (Fsp3) is 0.611. The number of unbranched alkanes of at least 4 members (excludes halogenated alkanes) is 2. The van der Waals surface area contributed by atoms with Crippen molar-refractivity contribution in [3.05, 3.63) is 35.3 Å². The Balaban J connectivity index is -0.000000536. The Labute approximate surface area is 132 Å². The molecule has 0 fully saturated rings. The Hall–Kier alpha value is -1.69. The Morgan fingerprint density at radius 3 is 2.48 bits per heavy atom. The second-order valence-electron chi connectivity index (χ2n) is 4.24. The van der Waals surface area contributed by atoms with Gasteiger partial charge >= 0.3 is 6.09 Å². The molecule has 0 saturated heterocycles. The highest BCUT2D eigenvalue weighted by Gasteiger charge is 2.01. The van der Waals surface area contributed by atoms with Crippen molar-refractivity contribution >= 4 is 6.09 Å². The molecule has 0 unspecified atom stereocenters. The number of carbonyl (C=O) groups is 1. The molecule has 0 aromatic carbocycles. The summed E-state index contributed by atoms with van der Waals surface area (Å²) in [6.07, 6.45) is 9.60. The number of alkyl carbamates (subject to hydrolysis) is 1. The van der Waals surface area contributed by atoms with Crippen LogP contribution in [0.2, 0.25) is 0 Å². The van der Waals surface area contributed by atoms with Crippen molar-refractivity contribution in [1.82, 2.24) is 5.32 Å². The lowest BCUT2D eigenvalue weighted by atomic mass is 10.2. The van der Waals surface area contributed by atoms with Crippen molar-refractivity contribution < 1.29 is 11.0 Å². The Bertz CT molecular complexity index is 377. The molecule has 0 heterocycles. The largest absolute Gasteiger partial charge is 0.444 e. The van der Waals surface area contributed by atoms with Gasteiger partial charge in [-0.2, -0.15) is 0 Å². The Morgan fingerprint density at radius 2 is 1.95 bits per heavy atom. The molecule has 1 aliphatic carbocycles. The van der Waals surface area contributed by atoms with E-state index in [2.05, 4.69) is 37.6 Å². The third kappa shape index (κ3) is 16.3. The van der Waals surface area contributed by atoms with Gasteiger partial charge in [0.2, 0.25) is 0 Å². The third-order valence-electron chi connectivity index (χ3n) is 2.12. The van der Waals surface area contributed by atoms with Crippen molar-refractivity contribution in [3.63, 3.8) is 0 Å². The summed E-state index contributed by atoms with van der Waals surface area (Å²) in [5.74, 6) is 0. The van der Waals surface area contributed by atoms with Gasteiger partial charge in [0.1, 0.15) is 6.61 Å². The van der Waals surface area contributed by atoms with Gasteiger partial charge in [-0.15, -0.1) is 0 Å². The van der Waals surface area contributed by atoms with Crippen LogP contribution in [0.4, 0.5) is 4.79 Å². The number of ether oxygens (including phenoxy) is 1. The molecule has 0 atom stereocenters. The summed E-state index contributed by atoms with van der Waals surface area (Å²) in [5, 5.41) is 2.70. The van der Waals surface area contributed by atoms with E-state index < -0.39 is 0 Å². The zero-order valence-corrected chi connectivity index (χ0v) is 14.3. The van der Waals surface area contributed by atoms with Gasteiger partial charge in [-0.1, -0.05) is 71.4 Å². The molecule has 122 valence electrons. The van der Waals surface area contributed by atoms with Crippen LogP contribution in [0.25, 0.3) is 0 Å². The summed E-state index contributed by atoms with van der Waals surface area (Å²) < 4.78 is 5.01. The zero-order valence-electron chi connectivity index (χ0n) is 14.3. The number of amides is 1. The van der Waals surface area contributed by atoms with Crippen LogP contribution in [-0.2, 0) is 4.74 Å². The van der Waals surface area contributed by atoms with Gasteiger partial charge in [0, 0.05) is 13.5 Å². The van der Waals surface area contributed by atoms with Crippen LogP contribution in [-0.4, -0.2) is 19.2 Å². The third-order valence-corrected chi connectivity index (χ3v) is 2.12. The molecule has 21 heavy (non-hydrogen) atoms. The first kappa shape index (κ1) is 21.6. The lowest BCUT2D eigenvalue weighted by Gasteiger charge is -2.06. The van der Waals surface area contributed by atoms with Gasteiger partial charge in [-0.25, -0.2) is 4.79 Å². The van der Waals surface area contributed by atoms with Gasteiger partial charge < -0.3 is 10.1 Å². The minimum atomic E-state index is -0.367. The van der Waals surface area contributed by atoms with Gasteiger partial charge in [-0.3, -0.25) is 0 Å². The van der Waals surface area contributed by atoms with E-state index in [0.29, 0.717) is 6.54 Å². The molecule has 0 bridgehead atoms. The minimum absolute atomic E-state index is 0. The van der Waals surface area contributed by atoms with Crippen LogP contribution >= 0.6 is 0 Å². The Morgan fingerprint density at radius 1 is 1.29 bits per heavy atom. The number of allylic oxidation sites excluding steroid dienone is 2. The van der Waals surface area contributed by atoms with Crippen LogP contribution < -0.4 is 5.32 Å². The Kier molecular flexibility index (Phi) is 18.8. The second kappa shape index (κ2) is 18.3. The molecule has 3 nitrogen and oxygen atoms in total. The first-order valence-electron chi connectivity index (χ1n) is 8.02. The van der Waals surface area contributed by atoms with Crippen molar-refractivity contribution in [2.24, 2.45) is 0 Å². The summed E-state index contributed by atoms with van der Waals surface area (Å²) in [6, 6.07) is 0.